The second-order valence-corrected chi connectivity index (χ2v) is 12.4. The summed E-state index contributed by atoms with van der Waals surface area (Å²) in [6.07, 6.45) is 9.29. The summed E-state index contributed by atoms with van der Waals surface area (Å²) in [6.45, 7) is 9.23. The monoisotopic (exact) mass is 502 g/mol. The van der Waals surface area contributed by atoms with Gasteiger partial charge in [0.1, 0.15) is 11.6 Å². The lowest BCUT2D eigenvalue weighted by Crippen LogP contribution is -2.57. The number of hydrogen-bond donors (Lipinski definition) is 3. The molecule has 4 aliphatic rings. The number of oxime groups is 1. The maximum absolute atomic E-state index is 12.4. The fourth-order valence-electron chi connectivity index (χ4n) is 8.14. The number of allylic oxidation sites excluding steroid dienone is 2. The third-order valence-electron chi connectivity index (χ3n) is 10.3. The number of carboxylic acids is 1. The number of hydrogen-bond acceptors (Lipinski definition) is 6. The molecular formula is C28H42N2O6. The van der Waals surface area contributed by atoms with Crippen molar-refractivity contribution in [2.24, 2.45) is 39.7 Å². The minimum absolute atomic E-state index is 0.0730. The summed E-state index contributed by atoms with van der Waals surface area (Å²) >= 11 is 0. The summed E-state index contributed by atoms with van der Waals surface area (Å²) in [5.41, 5.74) is 0.761. The van der Waals surface area contributed by atoms with E-state index in [2.05, 4.69) is 30.4 Å². The van der Waals surface area contributed by atoms with Gasteiger partial charge in [-0.15, -0.1) is 0 Å². The lowest BCUT2D eigenvalue weighted by molar-refractivity contribution is -0.159. The molecule has 0 bridgehead atoms. The Kier molecular flexibility index (Phi) is 7.14. The van der Waals surface area contributed by atoms with Crippen LogP contribution < -0.4 is 5.32 Å². The van der Waals surface area contributed by atoms with Gasteiger partial charge in [-0.25, -0.2) is 4.79 Å². The fraction of sp³-hybridized carbons (Fsp3) is 0.786. The van der Waals surface area contributed by atoms with E-state index < -0.39 is 23.5 Å². The molecule has 0 aliphatic heterocycles. The van der Waals surface area contributed by atoms with Crippen LogP contribution in [0, 0.1) is 34.5 Å². The zero-order chi connectivity index (χ0) is 26.5. The van der Waals surface area contributed by atoms with E-state index >= 15 is 0 Å². The molecule has 36 heavy (non-hydrogen) atoms. The van der Waals surface area contributed by atoms with E-state index in [0.29, 0.717) is 24.2 Å². The molecule has 3 fully saturated rings. The highest BCUT2D eigenvalue weighted by Crippen LogP contribution is 2.67. The summed E-state index contributed by atoms with van der Waals surface area (Å²) < 4.78 is 0. The van der Waals surface area contributed by atoms with Crippen LogP contribution in [0.3, 0.4) is 0 Å². The van der Waals surface area contributed by atoms with Gasteiger partial charge < -0.3 is 20.4 Å². The van der Waals surface area contributed by atoms with Gasteiger partial charge in [-0.2, -0.15) is 0 Å². The molecule has 8 nitrogen and oxygen atoms in total. The van der Waals surface area contributed by atoms with Crippen LogP contribution in [0.4, 0.5) is 0 Å². The van der Waals surface area contributed by atoms with Gasteiger partial charge in [0, 0.05) is 5.41 Å². The Morgan fingerprint density at radius 3 is 2.44 bits per heavy atom. The molecule has 4 rings (SSSR count). The number of amides is 1. The lowest BCUT2D eigenvalue weighted by Gasteiger charge is -2.59. The number of carbonyl (C=O) groups is 3. The highest BCUT2D eigenvalue weighted by Gasteiger charge is 2.65. The smallest absolute Gasteiger partial charge is 0.326 e. The molecular weight excluding hydrogens is 460 g/mol. The van der Waals surface area contributed by atoms with Crippen molar-refractivity contribution in [3.05, 3.63) is 11.6 Å². The quantitative estimate of drug-likeness (QED) is 0.454. The molecule has 0 saturated heterocycles. The molecule has 3 N–H and O–H groups in total. The Labute approximate surface area is 213 Å². The molecule has 0 aromatic heterocycles. The van der Waals surface area contributed by atoms with Gasteiger partial charge in [-0.3, -0.25) is 9.59 Å². The maximum atomic E-state index is 12.4. The standard InChI is InChI=1S/C28H42N2O6/c1-16(2)24(25(33)34)29-23(32)15-36-30-19-8-11-26(4)18(14-19)6-7-20-21(26)9-12-27(5)22(20)10-13-28(27,35)17(3)31/h14,16,20-22,24,35H,6-13,15H2,1-5H3,(H,29,32)(H,33,34)/b30-19+/t20-,21+,22+,24?,26+,27+,28+/m1/s1. The van der Waals surface area contributed by atoms with E-state index in [4.69, 9.17) is 4.84 Å². The van der Waals surface area contributed by atoms with Crippen LogP contribution in [0.1, 0.15) is 86.0 Å². The predicted molar refractivity (Wildman–Crippen MR) is 135 cm³/mol. The first kappa shape index (κ1) is 26.8. The second kappa shape index (κ2) is 9.58. The Bertz CT molecular complexity index is 989. The van der Waals surface area contributed by atoms with Gasteiger partial charge in [0.25, 0.3) is 5.91 Å². The fourth-order valence-corrected chi connectivity index (χ4v) is 8.14. The zero-order valence-electron chi connectivity index (χ0n) is 22.3. The largest absolute Gasteiger partial charge is 0.480 e. The highest BCUT2D eigenvalue weighted by atomic mass is 16.6. The SMILES string of the molecule is CC(=O)[C@@]1(O)CC[C@H]2[C@@H]3CCC4=C/C(=N/OCC(=O)NC(C(=O)O)C(C)C)CC[C@]4(C)[C@H]3CC[C@@]21C. The number of aliphatic hydroxyl groups is 1. The Hall–Kier alpha value is -2.22. The molecule has 8 heteroatoms. The van der Waals surface area contributed by atoms with Crippen LogP contribution in [0.15, 0.2) is 16.8 Å². The van der Waals surface area contributed by atoms with Gasteiger partial charge in [0.2, 0.25) is 0 Å². The van der Waals surface area contributed by atoms with Gasteiger partial charge in [0.05, 0.1) is 5.71 Å². The van der Waals surface area contributed by atoms with Crippen LogP contribution in [-0.4, -0.2) is 51.8 Å². The Morgan fingerprint density at radius 2 is 1.81 bits per heavy atom. The Morgan fingerprint density at radius 1 is 1.11 bits per heavy atom. The van der Waals surface area contributed by atoms with Crippen LogP contribution in [0.2, 0.25) is 0 Å². The first-order chi connectivity index (χ1) is 16.8. The van der Waals surface area contributed by atoms with E-state index in [-0.39, 0.29) is 29.1 Å². The van der Waals surface area contributed by atoms with E-state index in [1.807, 2.05) is 0 Å². The van der Waals surface area contributed by atoms with E-state index in [9.17, 15) is 24.6 Å². The minimum atomic E-state index is -1.19. The number of nitrogens with one attached hydrogen (secondary N) is 1. The molecule has 0 spiro atoms. The molecule has 3 saturated carbocycles. The molecule has 4 aliphatic carbocycles. The number of carbonyl (C=O) groups excluding carboxylic acids is 2. The number of aliphatic carboxylic acids is 1. The average Bonchev–Trinajstić information content (AvgIpc) is 3.09. The van der Waals surface area contributed by atoms with E-state index in [1.54, 1.807) is 20.8 Å². The Balaban J connectivity index is 1.42. The van der Waals surface area contributed by atoms with Crippen molar-refractivity contribution in [2.45, 2.75) is 97.6 Å². The number of fused-ring (bicyclic) bond motifs is 5. The number of carboxylic acid groups (broad SMARTS) is 1. The highest BCUT2D eigenvalue weighted by molar-refractivity contribution is 5.96. The molecule has 1 unspecified atom stereocenters. The number of rotatable bonds is 7. The third-order valence-corrected chi connectivity index (χ3v) is 10.3. The number of ketones is 1. The molecule has 200 valence electrons. The van der Waals surface area contributed by atoms with E-state index in [0.717, 1.165) is 50.7 Å². The van der Waals surface area contributed by atoms with Crippen molar-refractivity contribution >= 4 is 23.4 Å². The van der Waals surface area contributed by atoms with Crippen LogP contribution in [0.5, 0.6) is 0 Å². The molecule has 0 radical (unpaired) electrons. The van der Waals surface area contributed by atoms with Crippen molar-refractivity contribution in [1.29, 1.82) is 0 Å². The van der Waals surface area contributed by atoms with Crippen molar-refractivity contribution in [2.75, 3.05) is 6.61 Å². The minimum Gasteiger partial charge on any atom is -0.480 e. The second-order valence-electron chi connectivity index (χ2n) is 12.4. The van der Waals surface area contributed by atoms with Crippen molar-refractivity contribution in [1.82, 2.24) is 5.32 Å². The summed E-state index contributed by atoms with van der Waals surface area (Å²) in [6, 6.07) is -0.954. The van der Waals surface area contributed by atoms with Crippen molar-refractivity contribution in [3.63, 3.8) is 0 Å². The molecule has 1 amide bonds. The summed E-state index contributed by atoms with van der Waals surface area (Å²) in [7, 11) is 0. The number of nitrogens with zero attached hydrogens (tertiary/aromatic N) is 1. The summed E-state index contributed by atoms with van der Waals surface area (Å²) in [4.78, 5) is 41.1. The first-order valence-electron chi connectivity index (χ1n) is 13.5. The molecule has 7 atom stereocenters. The summed E-state index contributed by atoms with van der Waals surface area (Å²) in [5.74, 6) is -0.455. The molecule has 0 aromatic carbocycles. The first-order valence-corrected chi connectivity index (χ1v) is 13.5. The normalized spacial score (nSPS) is 39.5. The zero-order valence-corrected chi connectivity index (χ0v) is 22.3. The van der Waals surface area contributed by atoms with Crippen LogP contribution >= 0.6 is 0 Å². The molecule has 0 aromatic rings. The van der Waals surface area contributed by atoms with Gasteiger partial charge in [-0.1, -0.05) is 38.4 Å². The number of Topliss-reactive ketones (excluding diaryl/α,β-unsaturated/α-hetero) is 1. The van der Waals surface area contributed by atoms with Gasteiger partial charge in [0.15, 0.2) is 12.4 Å². The topological polar surface area (TPSA) is 125 Å². The summed E-state index contributed by atoms with van der Waals surface area (Å²) in [5, 5.41) is 27.2. The predicted octanol–water partition coefficient (Wildman–Crippen LogP) is 3.87. The van der Waals surface area contributed by atoms with Crippen molar-refractivity contribution < 1.29 is 29.4 Å². The van der Waals surface area contributed by atoms with E-state index in [1.165, 1.54) is 5.57 Å². The molecule has 0 heterocycles. The van der Waals surface area contributed by atoms with Crippen LogP contribution in [0.25, 0.3) is 0 Å². The lowest BCUT2D eigenvalue weighted by atomic mass is 9.46. The maximum Gasteiger partial charge on any atom is 0.326 e. The van der Waals surface area contributed by atoms with Gasteiger partial charge in [-0.05, 0) is 93.5 Å². The van der Waals surface area contributed by atoms with Crippen LogP contribution in [-0.2, 0) is 19.2 Å². The van der Waals surface area contributed by atoms with Crippen molar-refractivity contribution in [3.8, 4) is 0 Å². The average molecular weight is 503 g/mol. The third kappa shape index (κ3) is 4.29. The van der Waals surface area contributed by atoms with Gasteiger partial charge >= 0.3 is 5.97 Å².